The lowest BCUT2D eigenvalue weighted by Crippen LogP contribution is -2.27. The van der Waals surface area contributed by atoms with Crippen LogP contribution in [0, 0.1) is 17.8 Å². The van der Waals surface area contributed by atoms with Gasteiger partial charge in [0, 0.05) is 49.4 Å². The van der Waals surface area contributed by atoms with Crippen molar-refractivity contribution in [3.63, 3.8) is 0 Å². The summed E-state index contributed by atoms with van der Waals surface area (Å²) in [5, 5.41) is 10.9. The van der Waals surface area contributed by atoms with E-state index in [2.05, 4.69) is 28.5 Å². The topological polar surface area (TPSA) is 112 Å². The van der Waals surface area contributed by atoms with Gasteiger partial charge in [-0.25, -0.2) is 4.98 Å². The fourth-order valence-corrected chi connectivity index (χ4v) is 4.91. The molecule has 0 radical (unpaired) electrons. The number of benzene rings is 1. The Bertz CT molecular complexity index is 1630. The number of ketones is 1. The van der Waals surface area contributed by atoms with Crippen molar-refractivity contribution in [2.75, 3.05) is 18.8 Å². The number of aryl methyl sites for hydroxylation is 1. The minimum Gasteiger partial charge on any atom is -0.383 e. The lowest BCUT2D eigenvalue weighted by molar-refractivity contribution is -0.125. The summed E-state index contributed by atoms with van der Waals surface area (Å²) in [6.07, 6.45) is 7.31. The summed E-state index contributed by atoms with van der Waals surface area (Å²) in [5.41, 5.74) is 9.63. The Kier molecular flexibility index (Phi) is 5.11. The third kappa shape index (κ3) is 3.71. The van der Waals surface area contributed by atoms with E-state index in [1.807, 2.05) is 36.1 Å². The van der Waals surface area contributed by atoms with Gasteiger partial charge in [-0.3, -0.25) is 19.0 Å². The first kappa shape index (κ1) is 22.0. The van der Waals surface area contributed by atoms with Crippen LogP contribution in [0.15, 0.2) is 43.2 Å². The van der Waals surface area contributed by atoms with Crippen molar-refractivity contribution in [1.82, 2.24) is 29.4 Å². The highest BCUT2D eigenvalue weighted by Gasteiger charge is 2.35. The second-order valence-electron chi connectivity index (χ2n) is 9.47. The molecule has 1 saturated carbocycles. The van der Waals surface area contributed by atoms with Gasteiger partial charge in [0.2, 0.25) is 5.91 Å². The van der Waals surface area contributed by atoms with Crippen LogP contribution in [0.25, 0.3) is 21.8 Å². The van der Waals surface area contributed by atoms with Crippen LogP contribution in [0.1, 0.15) is 46.9 Å². The van der Waals surface area contributed by atoms with Crippen LogP contribution in [0.2, 0.25) is 0 Å². The molecule has 1 atom stereocenters. The molecule has 9 nitrogen and oxygen atoms in total. The number of Topliss-reactive ketones (excluding diaryl/α,β-unsaturated/α-hetero) is 1. The first-order valence-corrected chi connectivity index (χ1v) is 12.0. The predicted octanol–water partition coefficient (Wildman–Crippen LogP) is 2.85. The molecule has 4 heterocycles. The summed E-state index contributed by atoms with van der Waals surface area (Å²) in [6, 6.07) is 5.75. The van der Waals surface area contributed by atoms with Crippen molar-refractivity contribution >= 4 is 39.3 Å². The first-order chi connectivity index (χ1) is 17.4. The van der Waals surface area contributed by atoms with Crippen LogP contribution >= 0.6 is 0 Å². The first-order valence-electron chi connectivity index (χ1n) is 12.0. The van der Waals surface area contributed by atoms with Crippen molar-refractivity contribution in [1.29, 1.82) is 0 Å². The van der Waals surface area contributed by atoms with E-state index in [1.54, 1.807) is 15.8 Å². The van der Waals surface area contributed by atoms with Gasteiger partial charge in [0.1, 0.15) is 11.5 Å². The van der Waals surface area contributed by atoms with Crippen LogP contribution < -0.4 is 5.73 Å². The highest BCUT2D eigenvalue weighted by molar-refractivity contribution is 6.11. The summed E-state index contributed by atoms with van der Waals surface area (Å²) in [5.74, 6) is 6.60. The molecule has 1 saturated heterocycles. The van der Waals surface area contributed by atoms with Crippen molar-refractivity contribution in [3.05, 3.63) is 60.1 Å². The third-order valence-electron chi connectivity index (χ3n) is 6.91. The molecule has 6 rings (SSSR count). The van der Waals surface area contributed by atoms with Crippen molar-refractivity contribution < 1.29 is 9.59 Å². The number of likely N-dealkylation sites (tertiary alicyclic amines) is 1. The number of nitrogens with zero attached hydrogens (tertiary/aromatic N) is 6. The molecule has 2 N–H and O–H groups in total. The minimum absolute atomic E-state index is 0.0176. The fraction of sp³-hybridized carbons (Fsp3) is 0.296. The van der Waals surface area contributed by atoms with Gasteiger partial charge >= 0.3 is 0 Å². The quantitative estimate of drug-likeness (QED) is 0.274. The highest BCUT2D eigenvalue weighted by Crippen LogP contribution is 2.37. The zero-order chi connectivity index (χ0) is 25.0. The number of carbonyl (C=O) groups excluding carboxylic acids is 2. The molecular formula is C27H25N7O2. The van der Waals surface area contributed by atoms with E-state index in [-0.39, 0.29) is 29.5 Å². The summed E-state index contributed by atoms with van der Waals surface area (Å²) in [7, 11) is 1.88. The largest absolute Gasteiger partial charge is 0.383 e. The van der Waals surface area contributed by atoms with E-state index in [4.69, 9.17) is 10.8 Å². The van der Waals surface area contributed by atoms with Crippen LogP contribution in [0.5, 0.6) is 0 Å². The minimum atomic E-state index is -0.116. The number of fused-ring (bicyclic) bond motifs is 2. The van der Waals surface area contributed by atoms with Gasteiger partial charge in [0.05, 0.1) is 28.0 Å². The van der Waals surface area contributed by atoms with Gasteiger partial charge in [-0.05, 0) is 49.5 Å². The second-order valence-corrected chi connectivity index (χ2v) is 9.47. The maximum atomic E-state index is 13.2. The Morgan fingerprint density at radius 3 is 2.81 bits per heavy atom. The number of nitrogens with two attached hydrogens (primary N) is 1. The molecule has 1 aliphatic carbocycles. The average molecular weight is 480 g/mol. The van der Waals surface area contributed by atoms with Crippen LogP contribution in [-0.4, -0.2) is 54.2 Å². The summed E-state index contributed by atoms with van der Waals surface area (Å²) in [6.45, 7) is 4.67. The molecule has 180 valence electrons. The number of hydrogen-bond donors (Lipinski definition) is 1. The monoisotopic (exact) mass is 479 g/mol. The normalized spacial score (nSPS) is 17.4. The Labute approximate surface area is 207 Å². The van der Waals surface area contributed by atoms with Gasteiger partial charge in [-0.2, -0.15) is 10.2 Å². The zero-order valence-electron chi connectivity index (χ0n) is 19.9. The predicted molar refractivity (Wildman–Crippen MR) is 136 cm³/mol. The average Bonchev–Trinajstić information content (AvgIpc) is 3.30. The number of pyridine rings is 1. The van der Waals surface area contributed by atoms with Gasteiger partial charge in [-0.1, -0.05) is 12.5 Å². The number of carbonyl (C=O) groups is 2. The van der Waals surface area contributed by atoms with Crippen LogP contribution in [-0.2, 0) is 11.8 Å². The number of amides is 1. The van der Waals surface area contributed by atoms with Gasteiger partial charge in [0.15, 0.2) is 5.78 Å². The fourth-order valence-electron chi connectivity index (χ4n) is 4.91. The van der Waals surface area contributed by atoms with E-state index in [1.165, 1.54) is 6.08 Å². The van der Waals surface area contributed by atoms with Crippen LogP contribution in [0.4, 0.5) is 5.82 Å². The molecule has 0 bridgehead atoms. The SMILES string of the molecule is C=CC(=O)N1CC[C@H](n2nc(C#Cc3ccc4cn(C)nc4c3)c3c(N)ncc(C(=O)C4CC4)c32)C1. The Morgan fingerprint density at radius 2 is 2.03 bits per heavy atom. The number of rotatable bonds is 4. The molecule has 36 heavy (non-hydrogen) atoms. The van der Waals surface area contributed by atoms with Crippen molar-refractivity contribution in [3.8, 4) is 11.8 Å². The molecule has 2 fully saturated rings. The summed E-state index contributed by atoms with van der Waals surface area (Å²) >= 11 is 0. The molecule has 3 aromatic heterocycles. The maximum Gasteiger partial charge on any atom is 0.246 e. The molecule has 0 spiro atoms. The van der Waals surface area contributed by atoms with Crippen LogP contribution in [0.3, 0.4) is 0 Å². The zero-order valence-corrected chi connectivity index (χ0v) is 19.9. The van der Waals surface area contributed by atoms with E-state index in [0.29, 0.717) is 41.7 Å². The standard InChI is InChI=1S/C27H25N7O2/c1-3-23(35)33-11-10-19(15-33)34-25-20(26(36)17-7-8-17)13-29-27(28)24(25)21(31-34)9-5-16-4-6-18-14-32(2)30-22(18)12-16/h3-4,6,12-14,17,19H,1,7-8,10-11,15H2,2H3,(H2,28,29)/t19-/m0/s1. The molecule has 9 heteroatoms. The summed E-state index contributed by atoms with van der Waals surface area (Å²) in [4.78, 5) is 31.5. The van der Waals surface area contributed by atoms with Gasteiger partial charge < -0.3 is 10.6 Å². The lowest BCUT2D eigenvalue weighted by atomic mass is 10.0. The molecule has 0 unspecified atom stereocenters. The number of anilines is 1. The third-order valence-corrected chi connectivity index (χ3v) is 6.91. The molecule has 4 aromatic rings. The molecular weight excluding hydrogens is 454 g/mol. The van der Waals surface area contributed by atoms with Crippen molar-refractivity contribution in [2.45, 2.75) is 25.3 Å². The van der Waals surface area contributed by atoms with E-state index < -0.39 is 0 Å². The second kappa shape index (κ2) is 8.34. The molecule has 1 amide bonds. The van der Waals surface area contributed by atoms with E-state index >= 15 is 0 Å². The summed E-state index contributed by atoms with van der Waals surface area (Å²) < 4.78 is 3.61. The van der Waals surface area contributed by atoms with Gasteiger partial charge in [0.25, 0.3) is 0 Å². The lowest BCUT2D eigenvalue weighted by Gasteiger charge is -2.16. The Morgan fingerprint density at radius 1 is 1.19 bits per heavy atom. The molecule has 1 aromatic carbocycles. The Hall–Kier alpha value is -4.45. The van der Waals surface area contributed by atoms with E-state index in [0.717, 1.165) is 29.3 Å². The number of aromatic nitrogens is 5. The molecule has 1 aliphatic heterocycles. The highest BCUT2D eigenvalue weighted by atomic mass is 16.2. The smallest absolute Gasteiger partial charge is 0.246 e. The Balaban J connectivity index is 1.48. The molecule has 2 aliphatic rings. The van der Waals surface area contributed by atoms with Gasteiger partial charge in [-0.15, -0.1) is 0 Å². The van der Waals surface area contributed by atoms with Crippen molar-refractivity contribution in [2.24, 2.45) is 13.0 Å². The number of hydrogen-bond acceptors (Lipinski definition) is 6. The van der Waals surface area contributed by atoms with E-state index in [9.17, 15) is 9.59 Å². The maximum absolute atomic E-state index is 13.2. The number of nitrogen functional groups attached to an aromatic ring is 1.